The van der Waals surface area contributed by atoms with Crippen molar-refractivity contribution in [3.63, 3.8) is 0 Å². The Morgan fingerprint density at radius 2 is 1.57 bits per heavy atom. The maximum atomic E-state index is 12.9. The molecule has 1 aliphatic rings. The summed E-state index contributed by atoms with van der Waals surface area (Å²) < 4.78 is 38.7. The highest BCUT2D eigenvalue weighted by Crippen LogP contribution is 2.36. The molecule has 3 nitrogen and oxygen atoms in total. The topological polar surface area (TPSA) is 32.5 Å². The summed E-state index contributed by atoms with van der Waals surface area (Å²) in [5, 5.41) is 0. The standard InChI is InChI=1S/C15H22F3N3/c1-14(2,3)21-8-6-20(7-9-21)11-4-5-13(19)12(10-11)15(16,17)18/h4-5,10H,6-9,19H2,1-3H3. The molecule has 1 heterocycles. The largest absolute Gasteiger partial charge is 0.418 e. The number of alkyl halides is 3. The van der Waals surface area contributed by atoms with Crippen LogP contribution in [-0.4, -0.2) is 36.6 Å². The number of nitrogens with zero attached hydrogens (tertiary/aromatic N) is 2. The van der Waals surface area contributed by atoms with Crippen LogP contribution in [0.2, 0.25) is 0 Å². The molecule has 2 rings (SSSR count). The molecule has 0 saturated carbocycles. The first-order chi connectivity index (χ1) is 9.59. The van der Waals surface area contributed by atoms with Crippen LogP contribution in [0, 0.1) is 0 Å². The molecule has 1 aromatic carbocycles. The lowest BCUT2D eigenvalue weighted by atomic mass is 10.0. The summed E-state index contributed by atoms with van der Waals surface area (Å²) >= 11 is 0. The third-order valence-electron chi connectivity index (χ3n) is 3.94. The Balaban J connectivity index is 2.14. The summed E-state index contributed by atoms with van der Waals surface area (Å²) in [6, 6.07) is 4.16. The molecule has 1 aromatic rings. The van der Waals surface area contributed by atoms with Crippen LogP contribution in [-0.2, 0) is 6.18 Å². The van der Waals surface area contributed by atoms with E-state index in [4.69, 9.17) is 5.73 Å². The Labute approximate surface area is 123 Å². The Bertz CT molecular complexity index is 498. The van der Waals surface area contributed by atoms with E-state index < -0.39 is 11.7 Å². The van der Waals surface area contributed by atoms with Gasteiger partial charge in [0.2, 0.25) is 0 Å². The minimum absolute atomic E-state index is 0.0876. The summed E-state index contributed by atoms with van der Waals surface area (Å²) in [6.07, 6.45) is -4.41. The number of halogens is 3. The second kappa shape index (κ2) is 5.40. The molecule has 1 saturated heterocycles. The molecular weight excluding hydrogens is 279 g/mol. The minimum Gasteiger partial charge on any atom is -0.398 e. The fraction of sp³-hybridized carbons (Fsp3) is 0.600. The molecule has 118 valence electrons. The lowest BCUT2D eigenvalue weighted by Crippen LogP contribution is -2.53. The van der Waals surface area contributed by atoms with Crippen molar-refractivity contribution < 1.29 is 13.2 Å². The first-order valence-electron chi connectivity index (χ1n) is 7.06. The molecule has 0 bridgehead atoms. The van der Waals surface area contributed by atoms with Crippen molar-refractivity contribution in [1.29, 1.82) is 0 Å². The number of rotatable bonds is 1. The Kier molecular flexibility index (Phi) is 4.10. The smallest absolute Gasteiger partial charge is 0.398 e. The predicted molar refractivity (Wildman–Crippen MR) is 79.4 cm³/mol. The summed E-state index contributed by atoms with van der Waals surface area (Å²) in [5.41, 5.74) is 5.14. The molecule has 0 spiro atoms. The zero-order valence-electron chi connectivity index (χ0n) is 12.7. The van der Waals surface area contributed by atoms with Crippen LogP contribution in [0.4, 0.5) is 24.5 Å². The van der Waals surface area contributed by atoms with Crippen molar-refractivity contribution in [3.05, 3.63) is 23.8 Å². The maximum absolute atomic E-state index is 12.9. The van der Waals surface area contributed by atoms with Crippen LogP contribution in [0.25, 0.3) is 0 Å². The third kappa shape index (κ3) is 3.61. The summed E-state index contributed by atoms with van der Waals surface area (Å²) in [5.74, 6) is 0. The van der Waals surface area contributed by atoms with Crippen LogP contribution >= 0.6 is 0 Å². The van der Waals surface area contributed by atoms with Gasteiger partial charge >= 0.3 is 6.18 Å². The van der Waals surface area contributed by atoms with Gasteiger partial charge in [-0.3, -0.25) is 4.90 Å². The highest BCUT2D eigenvalue weighted by atomic mass is 19.4. The van der Waals surface area contributed by atoms with Crippen molar-refractivity contribution in [2.24, 2.45) is 0 Å². The van der Waals surface area contributed by atoms with E-state index in [0.29, 0.717) is 5.69 Å². The van der Waals surface area contributed by atoms with Crippen molar-refractivity contribution >= 4 is 11.4 Å². The molecule has 0 aromatic heterocycles. The van der Waals surface area contributed by atoms with Gasteiger partial charge in [0.05, 0.1) is 5.56 Å². The second-order valence-corrected chi connectivity index (χ2v) is 6.41. The third-order valence-corrected chi connectivity index (χ3v) is 3.94. The van der Waals surface area contributed by atoms with E-state index in [2.05, 4.69) is 25.7 Å². The highest BCUT2D eigenvalue weighted by molar-refractivity contribution is 5.59. The monoisotopic (exact) mass is 301 g/mol. The van der Waals surface area contributed by atoms with Crippen LogP contribution < -0.4 is 10.6 Å². The second-order valence-electron chi connectivity index (χ2n) is 6.41. The fourth-order valence-corrected chi connectivity index (χ4v) is 2.62. The SMILES string of the molecule is CC(C)(C)N1CCN(c2ccc(N)c(C(F)(F)F)c2)CC1. The quantitative estimate of drug-likeness (QED) is 0.809. The number of hydrogen-bond acceptors (Lipinski definition) is 3. The molecule has 1 aliphatic heterocycles. The van der Waals surface area contributed by atoms with Gasteiger partial charge in [0.25, 0.3) is 0 Å². The first-order valence-corrected chi connectivity index (χ1v) is 7.06. The predicted octanol–water partition coefficient (Wildman–Crippen LogP) is 3.21. The average molecular weight is 301 g/mol. The molecular formula is C15H22F3N3. The number of nitrogens with two attached hydrogens (primary N) is 1. The lowest BCUT2D eigenvalue weighted by Gasteiger charge is -2.43. The van der Waals surface area contributed by atoms with Crippen LogP contribution in [0.1, 0.15) is 26.3 Å². The van der Waals surface area contributed by atoms with Gasteiger partial charge in [0, 0.05) is 43.1 Å². The Morgan fingerprint density at radius 1 is 1.00 bits per heavy atom. The van der Waals surface area contributed by atoms with Crippen molar-refractivity contribution in [1.82, 2.24) is 4.90 Å². The van der Waals surface area contributed by atoms with E-state index in [-0.39, 0.29) is 11.2 Å². The van der Waals surface area contributed by atoms with Crippen molar-refractivity contribution in [2.45, 2.75) is 32.5 Å². The first kappa shape index (κ1) is 15.9. The van der Waals surface area contributed by atoms with Gasteiger partial charge in [-0.25, -0.2) is 0 Å². The molecule has 0 aliphatic carbocycles. The molecule has 21 heavy (non-hydrogen) atoms. The van der Waals surface area contributed by atoms with E-state index in [0.717, 1.165) is 32.2 Å². The zero-order valence-corrected chi connectivity index (χ0v) is 12.7. The van der Waals surface area contributed by atoms with Crippen LogP contribution in [0.15, 0.2) is 18.2 Å². The summed E-state index contributed by atoms with van der Waals surface area (Å²) in [7, 11) is 0. The van der Waals surface area contributed by atoms with Crippen LogP contribution in [0.5, 0.6) is 0 Å². The molecule has 6 heteroatoms. The van der Waals surface area contributed by atoms with E-state index in [1.165, 1.54) is 6.07 Å². The van der Waals surface area contributed by atoms with E-state index in [9.17, 15) is 13.2 Å². The van der Waals surface area contributed by atoms with Gasteiger partial charge in [-0.2, -0.15) is 13.2 Å². The molecule has 1 fully saturated rings. The fourth-order valence-electron chi connectivity index (χ4n) is 2.62. The molecule has 0 amide bonds. The lowest BCUT2D eigenvalue weighted by molar-refractivity contribution is -0.136. The van der Waals surface area contributed by atoms with Crippen molar-refractivity contribution in [3.8, 4) is 0 Å². The molecule has 2 N–H and O–H groups in total. The van der Waals surface area contributed by atoms with Crippen molar-refractivity contribution in [2.75, 3.05) is 36.8 Å². The molecule has 0 unspecified atom stereocenters. The van der Waals surface area contributed by atoms with Gasteiger partial charge in [-0.1, -0.05) is 0 Å². The van der Waals surface area contributed by atoms with E-state index in [1.807, 2.05) is 4.90 Å². The number of benzene rings is 1. The minimum atomic E-state index is -4.41. The normalized spacial score (nSPS) is 18.1. The highest BCUT2D eigenvalue weighted by Gasteiger charge is 2.34. The Morgan fingerprint density at radius 3 is 2.05 bits per heavy atom. The van der Waals surface area contributed by atoms with Gasteiger partial charge < -0.3 is 10.6 Å². The number of piperazine rings is 1. The number of anilines is 2. The summed E-state index contributed by atoms with van der Waals surface area (Å²) in [4.78, 5) is 4.32. The van der Waals surface area contributed by atoms with Gasteiger partial charge in [-0.15, -0.1) is 0 Å². The van der Waals surface area contributed by atoms with E-state index >= 15 is 0 Å². The zero-order chi connectivity index (χ0) is 15.8. The van der Waals surface area contributed by atoms with Gasteiger partial charge in [0.15, 0.2) is 0 Å². The maximum Gasteiger partial charge on any atom is 0.418 e. The number of hydrogen-bond donors (Lipinski definition) is 1. The summed E-state index contributed by atoms with van der Waals surface area (Å²) in [6.45, 7) is 9.57. The number of nitrogen functional groups attached to an aromatic ring is 1. The van der Waals surface area contributed by atoms with Gasteiger partial charge in [-0.05, 0) is 39.0 Å². The van der Waals surface area contributed by atoms with Crippen LogP contribution in [0.3, 0.4) is 0 Å². The average Bonchev–Trinajstić information content (AvgIpc) is 2.37. The van der Waals surface area contributed by atoms with E-state index in [1.54, 1.807) is 6.07 Å². The molecule has 0 atom stereocenters. The van der Waals surface area contributed by atoms with Gasteiger partial charge in [0.1, 0.15) is 0 Å². The molecule has 0 radical (unpaired) electrons. The Hall–Kier alpha value is -1.43.